The molecule has 0 fully saturated rings. The average Bonchev–Trinajstić information content (AvgIpc) is 2.95. The molecule has 0 spiro atoms. The number of hydrogen-bond acceptors (Lipinski definition) is 7. The zero-order valence-electron chi connectivity index (χ0n) is 26.8. The number of phosphoric acid groups is 1. The van der Waals surface area contributed by atoms with Crippen LogP contribution >= 0.6 is 7.82 Å². The Morgan fingerprint density at radius 2 is 1.39 bits per heavy atom. The fourth-order valence-electron chi connectivity index (χ4n) is 5.58. The summed E-state index contributed by atoms with van der Waals surface area (Å²) in [6.45, 7) is 7.27. The van der Waals surface area contributed by atoms with Gasteiger partial charge in [-0.2, -0.15) is 0 Å². The van der Waals surface area contributed by atoms with Gasteiger partial charge in [-0.15, -0.1) is 0 Å². The van der Waals surface area contributed by atoms with E-state index in [9.17, 15) is 19.0 Å². The first-order valence-corrected chi connectivity index (χ1v) is 16.5. The van der Waals surface area contributed by atoms with E-state index in [1.165, 1.54) is 16.2 Å². The van der Waals surface area contributed by atoms with Crippen LogP contribution in [-0.4, -0.2) is 68.8 Å². The third-order valence-corrected chi connectivity index (χ3v) is 9.24. The van der Waals surface area contributed by atoms with Crippen molar-refractivity contribution in [1.29, 1.82) is 0 Å². The number of quaternary nitrogens is 1. The van der Waals surface area contributed by atoms with E-state index in [1.807, 2.05) is 34.1 Å². The van der Waals surface area contributed by atoms with E-state index in [2.05, 4.69) is 48.5 Å². The monoisotopic (exact) mass is 626 g/mol. The number of benzene rings is 4. The molecule has 0 bridgehead atoms. The Labute approximate surface area is 259 Å². The maximum Gasteiger partial charge on any atom is 0.472 e. The van der Waals surface area contributed by atoms with Crippen molar-refractivity contribution in [2.24, 2.45) is 10.8 Å². The Kier molecular flexibility index (Phi) is 10.1. The molecule has 0 heterocycles. The molecular formula is C34H45NO8P+. The summed E-state index contributed by atoms with van der Waals surface area (Å²) in [4.78, 5) is 36.3. The summed E-state index contributed by atoms with van der Waals surface area (Å²) in [5, 5.41) is 6.89. The zero-order valence-corrected chi connectivity index (χ0v) is 27.7. The molecule has 9 nitrogen and oxygen atoms in total. The van der Waals surface area contributed by atoms with E-state index in [-0.39, 0.29) is 38.8 Å². The fourth-order valence-corrected chi connectivity index (χ4v) is 6.27. The molecular weight excluding hydrogens is 581 g/mol. The highest BCUT2D eigenvalue weighted by Crippen LogP contribution is 2.43. The molecule has 0 saturated carbocycles. The molecule has 44 heavy (non-hydrogen) atoms. The van der Waals surface area contributed by atoms with Gasteiger partial charge in [0.2, 0.25) is 0 Å². The lowest BCUT2D eigenvalue weighted by molar-refractivity contribution is -0.870. The van der Waals surface area contributed by atoms with Gasteiger partial charge in [0, 0.05) is 0 Å². The second-order valence-corrected chi connectivity index (χ2v) is 14.9. The van der Waals surface area contributed by atoms with Crippen LogP contribution in [0.25, 0.3) is 32.3 Å². The topological polar surface area (TPSA) is 108 Å². The SMILES string of the molecule is CCC(C)(CC(C)(C)C(=O)OCCOP(=O)(O)OCC[N+](C)(C)C)C(=O)OCc1ccc2ccc3cccc4ccc1c2c34. The first kappa shape index (κ1) is 33.8. The summed E-state index contributed by atoms with van der Waals surface area (Å²) in [5.41, 5.74) is -1.05. The van der Waals surface area contributed by atoms with E-state index >= 15 is 0 Å². The number of carbonyl (C=O) groups is 2. The highest BCUT2D eigenvalue weighted by Gasteiger charge is 2.43. The van der Waals surface area contributed by atoms with Crippen molar-refractivity contribution >= 4 is 52.1 Å². The van der Waals surface area contributed by atoms with Crippen LogP contribution in [0.4, 0.5) is 0 Å². The molecule has 2 unspecified atom stereocenters. The predicted molar refractivity (Wildman–Crippen MR) is 172 cm³/mol. The lowest BCUT2D eigenvalue weighted by Gasteiger charge is -2.33. The van der Waals surface area contributed by atoms with Crippen molar-refractivity contribution in [1.82, 2.24) is 0 Å². The van der Waals surface area contributed by atoms with Crippen molar-refractivity contribution < 1.29 is 42.1 Å². The minimum Gasteiger partial charge on any atom is -0.463 e. The highest BCUT2D eigenvalue weighted by atomic mass is 31.2. The van der Waals surface area contributed by atoms with Crippen molar-refractivity contribution in [3.05, 3.63) is 60.2 Å². The summed E-state index contributed by atoms with van der Waals surface area (Å²) in [6, 6.07) is 18.8. The smallest absolute Gasteiger partial charge is 0.463 e. The molecule has 2 atom stereocenters. The summed E-state index contributed by atoms with van der Waals surface area (Å²) in [5.74, 6) is -0.929. The first-order chi connectivity index (χ1) is 20.6. The number of nitrogens with zero attached hydrogens (tertiary/aromatic N) is 1. The van der Waals surface area contributed by atoms with Gasteiger partial charge in [0.15, 0.2) is 0 Å². The molecule has 4 aromatic carbocycles. The second kappa shape index (κ2) is 13.1. The lowest BCUT2D eigenvalue weighted by atomic mass is 9.72. The maximum absolute atomic E-state index is 13.5. The van der Waals surface area contributed by atoms with E-state index < -0.39 is 24.6 Å². The minimum atomic E-state index is -4.26. The van der Waals surface area contributed by atoms with Gasteiger partial charge in [-0.25, -0.2) is 4.57 Å². The van der Waals surface area contributed by atoms with Gasteiger partial charge in [-0.1, -0.05) is 61.5 Å². The van der Waals surface area contributed by atoms with E-state index in [0.717, 1.165) is 21.7 Å². The van der Waals surface area contributed by atoms with Crippen LogP contribution in [0.5, 0.6) is 0 Å². The van der Waals surface area contributed by atoms with Gasteiger partial charge >= 0.3 is 19.8 Å². The van der Waals surface area contributed by atoms with Crippen LogP contribution in [0.3, 0.4) is 0 Å². The third-order valence-electron chi connectivity index (χ3n) is 8.22. The number of carbonyl (C=O) groups excluding carboxylic acids is 2. The average molecular weight is 627 g/mol. The highest BCUT2D eigenvalue weighted by molar-refractivity contribution is 7.47. The normalized spacial score (nSPS) is 15.4. The van der Waals surface area contributed by atoms with E-state index in [0.29, 0.717) is 17.4 Å². The van der Waals surface area contributed by atoms with Crippen LogP contribution < -0.4 is 0 Å². The first-order valence-electron chi connectivity index (χ1n) is 15.0. The van der Waals surface area contributed by atoms with Crippen LogP contribution in [0.15, 0.2) is 54.6 Å². The molecule has 0 radical (unpaired) electrons. The molecule has 10 heteroatoms. The van der Waals surface area contributed by atoms with Gasteiger partial charge in [-0.05, 0) is 71.5 Å². The molecule has 0 aliphatic heterocycles. The Morgan fingerprint density at radius 1 is 0.795 bits per heavy atom. The number of hydrogen-bond donors (Lipinski definition) is 1. The van der Waals surface area contributed by atoms with E-state index in [1.54, 1.807) is 20.8 Å². The molecule has 238 valence electrons. The largest absolute Gasteiger partial charge is 0.472 e. The second-order valence-electron chi connectivity index (χ2n) is 13.4. The Balaban J connectivity index is 1.35. The van der Waals surface area contributed by atoms with Crippen LogP contribution in [0, 0.1) is 10.8 Å². The van der Waals surface area contributed by atoms with Gasteiger partial charge < -0.3 is 18.9 Å². The third kappa shape index (κ3) is 7.95. The molecule has 0 amide bonds. The van der Waals surface area contributed by atoms with E-state index in [4.69, 9.17) is 18.5 Å². The Hall–Kier alpha value is -3.07. The van der Waals surface area contributed by atoms with Crippen LogP contribution in [0.2, 0.25) is 0 Å². The predicted octanol–water partition coefficient (Wildman–Crippen LogP) is 6.84. The number of phosphoric ester groups is 1. The summed E-state index contributed by atoms with van der Waals surface area (Å²) in [7, 11) is 1.55. The van der Waals surface area contributed by atoms with Crippen LogP contribution in [0.1, 0.15) is 46.1 Å². The van der Waals surface area contributed by atoms with Crippen molar-refractivity contribution in [3.63, 3.8) is 0 Å². The van der Waals surface area contributed by atoms with Crippen molar-refractivity contribution in [3.8, 4) is 0 Å². The minimum absolute atomic E-state index is 0.0481. The maximum atomic E-state index is 13.5. The number of likely N-dealkylation sites (N-methyl/N-ethyl adjacent to an activating group) is 1. The summed E-state index contributed by atoms with van der Waals surface area (Å²) < 4.78 is 33.8. The Bertz CT molecular complexity index is 1660. The number of rotatable bonds is 15. The van der Waals surface area contributed by atoms with Crippen molar-refractivity contribution in [2.45, 2.75) is 47.1 Å². The standard InChI is InChI=1S/C34H44NO8P/c1-8-34(4,23-33(2,3)31(36)40-20-21-43-44(38,39)42-19-18-35(5,6)7)32(37)41-22-27-15-14-26-13-12-24-10-9-11-25-16-17-28(27)30(26)29(24)25/h9-17H,8,18-23H2,1-7H3/p+1. The number of esters is 2. The van der Waals surface area contributed by atoms with Crippen molar-refractivity contribution in [2.75, 3.05) is 47.5 Å². The molecule has 4 rings (SSSR count). The molecule has 1 N–H and O–H groups in total. The van der Waals surface area contributed by atoms with Gasteiger partial charge in [0.05, 0.1) is 38.6 Å². The molecule has 0 aliphatic rings. The Morgan fingerprint density at radius 3 is 2.02 bits per heavy atom. The number of ether oxygens (including phenoxy) is 2. The molecule has 4 aromatic rings. The molecule has 0 saturated heterocycles. The fraction of sp³-hybridized carbons (Fsp3) is 0.471. The van der Waals surface area contributed by atoms with Gasteiger partial charge in [0.1, 0.15) is 26.4 Å². The van der Waals surface area contributed by atoms with Crippen LogP contribution in [-0.2, 0) is 39.3 Å². The summed E-state index contributed by atoms with van der Waals surface area (Å²) in [6.07, 6.45) is 0.655. The quantitative estimate of drug-likeness (QED) is 0.0502. The van der Waals surface area contributed by atoms with Gasteiger partial charge in [-0.3, -0.25) is 18.6 Å². The molecule has 0 aliphatic carbocycles. The zero-order chi connectivity index (χ0) is 32.3. The lowest BCUT2D eigenvalue weighted by Crippen LogP contribution is -2.38. The van der Waals surface area contributed by atoms with Gasteiger partial charge in [0.25, 0.3) is 0 Å². The summed E-state index contributed by atoms with van der Waals surface area (Å²) >= 11 is 0. The molecule has 0 aromatic heterocycles.